The Bertz CT molecular complexity index is 395. The van der Waals surface area contributed by atoms with Crippen molar-refractivity contribution in [3.05, 3.63) is 0 Å². The molecule has 0 aromatic carbocycles. The summed E-state index contributed by atoms with van der Waals surface area (Å²) in [4.78, 5) is 17.0. The van der Waals surface area contributed by atoms with Crippen LogP contribution in [0.1, 0.15) is 136 Å². The summed E-state index contributed by atoms with van der Waals surface area (Å²) in [6, 6.07) is 0. The zero-order valence-corrected chi connectivity index (χ0v) is 21.7. The summed E-state index contributed by atoms with van der Waals surface area (Å²) in [7, 11) is -4.25. The minimum atomic E-state index is -4.25. The van der Waals surface area contributed by atoms with Crippen LogP contribution < -0.4 is 5.73 Å². The average Bonchev–Trinajstić information content (AvgIpc) is 2.74. The highest BCUT2D eigenvalue weighted by atomic mass is 31.2. The van der Waals surface area contributed by atoms with Crippen molar-refractivity contribution in [2.45, 2.75) is 142 Å². The van der Waals surface area contributed by atoms with Crippen LogP contribution in [0.15, 0.2) is 0 Å². The molecule has 0 aromatic heterocycles. The van der Waals surface area contributed by atoms with Crippen LogP contribution >= 0.6 is 7.82 Å². The molecule has 0 saturated carbocycles. The first-order valence-corrected chi connectivity index (χ1v) is 14.4. The van der Waals surface area contributed by atoms with E-state index in [1.54, 1.807) is 0 Å². The van der Waals surface area contributed by atoms with Crippen molar-refractivity contribution < 1.29 is 24.0 Å². The monoisotopic (exact) mass is 467 g/mol. The minimum absolute atomic E-state index is 0.168. The maximum Gasteiger partial charge on any atom is 0.469 e. The Morgan fingerprint density at radius 3 is 1.35 bits per heavy atom. The van der Waals surface area contributed by atoms with Crippen molar-refractivity contribution in [2.75, 3.05) is 13.2 Å². The third kappa shape index (κ3) is 28.0. The highest BCUT2D eigenvalue weighted by molar-refractivity contribution is 7.46. The topological polar surface area (TPSA) is 113 Å². The molecule has 0 unspecified atom stereocenters. The molecule has 0 aliphatic carbocycles. The molecule has 190 valence electrons. The first-order valence-electron chi connectivity index (χ1n) is 12.9. The predicted molar refractivity (Wildman–Crippen MR) is 132 cm³/mol. The molecule has 0 aromatic rings. The van der Waals surface area contributed by atoms with Crippen molar-refractivity contribution in [3.63, 3.8) is 0 Å². The van der Waals surface area contributed by atoms with Gasteiger partial charge >= 0.3 is 7.82 Å². The van der Waals surface area contributed by atoms with Crippen molar-refractivity contribution in [1.29, 1.82) is 0 Å². The summed E-state index contributed by atoms with van der Waals surface area (Å²) >= 11 is 0. The molecule has 0 heterocycles. The zero-order valence-electron chi connectivity index (χ0n) is 20.8. The molecule has 7 heteroatoms. The van der Waals surface area contributed by atoms with E-state index in [1.165, 1.54) is 57.8 Å². The lowest BCUT2D eigenvalue weighted by Gasteiger charge is -2.26. The maximum atomic E-state index is 10.4. The second-order valence-corrected chi connectivity index (χ2v) is 10.1. The largest absolute Gasteiger partial charge is 0.469 e. The molecule has 0 rings (SSSR count). The van der Waals surface area contributed by atoms with E-state index in [1.807, 2.05) is 0 Å². The van der Waals surface area contributed by atoms with Crippen molar-refractivity contribution in [2.24, 2.45) is 5.73 Å². The van der Waals surface area contributed by atoms with E-state index in [9.17, 15) is 9.67 Å². The summed E-state index contributed by atoms with van der Waals surface area (Å²) in [5.74, 6) is 0. The fourth-order valence-corrected chi connectivity index (χ4v) is 3.83. The number of aliphatic hydroxyl groups is 1. The van der Waals surface area contributed by atoms with Gasteiger partial charge in [-0.1, -0.05) is 117 Å². The Morgan fingerprint density at radius 1 is 0.677 bits per heavy atom. The average molecular weight is 468 g/mol. The first kappa shape index (κ1) is 33.2. The SMILES string of the molecule is CCCCC(O)(CN)CCCC.CCCCCCCCCCCCCCOP(=O)(O)O. The van der Waals surface area contributed by atoms with Crippen LogP contribution in [0.4, 0.5) is 0 Å². The summed E-state index contributed by atoms with van der Waals surface area (Å²) in [6.45, 7) is 7.09. The fourth-order valence-electron chi connectivity index (χ4n) is 3.47. The summed E-state index contributed by atoms with van der Waals surface area (Å²) in [5.41, 5.74) is 4.96. The van der Waals surface area contributed by atoms with Gasteiger partial charge in [-0.25, -0.2) is 4.57 Å². The van der Waals surface area contributed by atoms with Gasteiger partial charge in [0.25, 0.3) is 0 Å². The number of rotatable bonds is 21. The van der Waals surface area contributed by atoms with E-state index >= 15 is 0 Å². The van der Waals surface area contributed by atoms with Crippen LogP contribution in [0.2, 0.25) is 0 Å². The Labute approximate surface area is 193 Å². The van der Waals surface area contributed by atoms with Crippen LogP contribution in [-0.4, -0.2) is 33.6 Å². The normalized spacial score (nSPS) is 12.0. The van der Waals surface area contributed by atoms with E-state index in [4.69, 9.17) is 15.5 Å². The lowest BCUT2D eigenvalue weighted by molar-refractivity contribution is 0.0273. The Kier molecular flexibility index (Phi) is 24.8. The van der Waals surface area contributed by atoms with Crippen LogP contribution in [0.5, 0.6) is 0 Å². The Hall–Kier alpha value is 0.0300. The molecule has 0 fully saturated rings. The van der Waals surface area contributed by atoms with E-state index < -0.39 is 13.4 Å². The minimum Gasteiger partial charge on any atom is -0.389 e. The number of unbranched alkanes of at least 4 members (excludes halogenated alkanes) is 13. The standard InChI is InChI=1S/C14H31O4P.C10H23NO/c1-2-3-4-5-6-7-8-9-10-11-12-13-14-18-19(15,16)17;1-3-5-7-10(12,9-11)8-6-4-2/h2-14H2,1H3,(H2,15,16,17);12H,3-9,11H2,1-2H3. The van der Waals surface area contributed by atoms with Gasteiger partial charge in [0.15, 0.2) is 0 Å². The van der Waals surface area contributed by atoms with Gasteiger partial charge in [0, 0.05) is 6.54 Å². The number of hydrogen-bond donors (Lipinski definition) is 4. The predicted octanol–water partition coefficient (Wildman–Crippen LogP) is 6.85. The second-order valence-electron chi connectivity index (χ2n) is 8.85. The van der Waals surface area contributed by atoms with Crippen LogP contribution in [0.25, 0.3) is 0 Å². The number of nitrogens with two attached hydrogens (primary N) is 1. The van der Waals surface area contributed by atoms with Crippen LogP contribution in [0, 0.1) is 0 Å². The van der Waals surface area contributed by atoms with E-state index in [-0.39, 0.29) is 6.61 Å². The summed E-state index contributed by atoms with van der Waals surface area (Å²) in [5, 5.41) is 9.96. The Balaban J connectivity index is 0. The molecule has 5 N–H and O–H groups in total. The molecule has 31 heavy (non-hydrogen) atoms. The van der Waals surface area contributed by atoms with Crippen LogP contribution in [-0.2, 0) is 9.09 Å². The highest BCUT2D eigenvalue weighted by Gasteiger charge is 2.22. The van der Waals surface area contributed by atoms with Gasteiger partial charge in [-0.3, -0.25) is 4.52 Å². The molecule has 6 nitrogen and oxygen atoms in total. The zero-order chi connectivity index (χ0) is 23.8. The molecule has 0 saturated heterocycles. The van der Waals surface area contributed by atoms with E-state index in [2.05, 4.69) is 25.3 Å². The molecular formula is C24H54NO5P. The van der Waals surface area contributed by atoms with Gasteiger partial charge in [-0.2, -0.15) is 0 Å². The molecule has 0 aliphatic heterocycles. The molecule has 0 bridgehead atoms. The van der Waals surface area contributed by atoms with Gasteiger partial charge in [0.05, 0.1) is 12.2 Å². The highest BCUT2D eigenvalue weighted by Crippen LogP contribution is 2.35. The third-order valence-electron chi connectivity index (χ3n) is 5.63. The number of phosphoric acid groups is 1. The summed E-state index contributed by atoms with van der Waals surface area (Å²) in [6.07, 6.45) is 21.0. The van der Waals surface area contributed by atoms with Gasteiger partial charge in [-0.05, 0) is 19.3 Å². The summed E-state index contributed by atoms with van der Waals surface area (Å²) < 4.78 is 14.8. The molecule has 0 spiro atoms. The maximum absolute atomic E-state index is 10.4. The van der Waals surface area contributed by atoms with E-state index in [0.717, 1.165) is 57.8 Å². The number of phosphoric ester groups is 1. The van der Waals surface area contributed by atoms with Gasteiger partial charge in [0.2, 0.25) is 0 Å². The number of hydrogen-bond acceptors (Lipinski definition) is 4. The van der Waals surface area contributed by atoms with Gasteiger partial charge in [-0.15, -0.1) is 0 Å². The Morgan fingerprint density at radius 2 is 1.03 bits per heavy atom. The smallest absolute Gasteiger partial charge is 0.389 e. The second kappa shape index (κ2) is 23.2. The van der Waals surface area contributed by atoms with Crippen molar-refractivity contribution >= 4 is 7.82 Å². The van der Waals surface area contributed by atoms with E-state index in [0.29, 0.717) is 6.54 Å². The van der Waals surface area contributed by atoms with Gasteiger partial charge in [0.1, 0.15) is 0 Å². The fraction of sp³-hybridized carbons (Fsp3) is 1.00. The van der Waals surface area contributed by atoms with Gasteiger partial charge < -0.3 is 20.6 Å². The molecule has 0 amide bonds. The quantitative estimate of drug-likeness (QED) is 0.108. The molecule has 0 atom stereocenters. The molecule has 0 aliphatic rings. The molecule has 0 radical (unpaired) electrons. The first-order chi connectivity index (χ1) is 14.7. The van der Waals surface area contributed by atoms with Crippen molar-refractivity contribution in [3.8, 4) is 0 Å². The van der Waals surface area contributed by atoms with Crippen LogP contribution in [0.3, 0.4) is 0 Å². The lowest BCUT2D eigenvalue weighted by atomic mass is 9.91. The third-order valence-corrected chi connectivity index (χ3v) is 6.15. The van der Waals surface area contributed by atoms with Crippen molar-refractivity contribution in [1.82, 2.24) is 0 Å². The lowest BCUT2D eigenvalue weighted by Crippen LogP contribution is -2.37. The molecular weight excluding hydrogens is 413 g/mol.